The van der Waals surface area contributed by atoms with Crippen molar-refractivity contribution in [3.63, 3.8) is 0 Å². The second kappa shape index (κ2) is 7.36. The van der Waals surface area contributed by atoms with Gasteiger partial charge in [0.15, 0.2) is 10.9 Å². The minimum Gasteiger partial charge on any atom is -0.463 e. The lowest BCUT2D eigenvalue weighted by molar-refractivity contribution is -0.119. The summed E-state index contributed by atoms with van der Waals surface area (Å²) in [5.41, 5.74) is -0.466. The van der Waals surface area contributed by atoms with Crippen molar-refractivity contribution >= 4 is 17.7 Å². The molecule has 0 bridgehead atoms. The van der Waals surface area contributed by atoms with Crippen LogP contribution >= 0.6 is 11.8 Å². The van der Waals surface area contributed by atoms with Gasteiger partial charge in [-0.3, -0.25) is 9.59 Å². The van der Waals surface area contributed by atoms with Crippen molar-refractivity contribution in [1.82, 2.24) is 15.3 Å². The molecule has 0 radical (unpaired) electrons. The summed E-state index contributed by atoms with van der Waals surface area (Å²) in [5.74, 6) is 0.413. The van der Waals surface area contributed by atoms with Gasteiger partial charge >= 0.3 is 0 Å². The van der Waals surface area contributed by atoms with Crippen LogP contribution in [0.5, 0.6) is 0 Å². The highest BCUT2D eigenvalue weighted by Gasteiger charge is 2.19. The highest BCUT2D eigenvalue weighted by atomic mass is 32.2. The van der Waals surface area contributed by atoms with Gasteiger partial charge in [-0.05, 0) is 25.0 Å². The van der Waals surface area contributed by atoms with Gasteiger partial charge in [-0.15, -0.1) is 0 Å². The first-order valence-electron chi connectivity index (χ1n) is 7.68. The number of nitriles is 1. The highest BCUT2D eigenvalue weighted by molar-refractivity contribution is 7.99. The summed E-state index contributed by atoms with van der Waals surface area (Å²) in [6.07, 6.45) is 5.78. The summed E-state index contributed by atoms with van der Waals surface area (Å²) in [5, 5.41) is 12.4. The van der Waals surface area contributed by atoms with Gasteiger partial charge in [0.25, 0.3) is 5.56 Å². The molecule has 2 N–H and O–H groups in total. The number of carbonyl (C=O) groups is 1. The van der Waals surface area contributed by atoms with Crippen LogP contribution in [-0.4, -0.2) is 27.7 Å². The summed E-state index contributed by atoms with van der Waals surface area (Å²) in [6, 6.07) is 5.37. The quantitative estimate of drug-likeness (QED) is 0.634. The molecular weight excluding hydrogens is 328 g/mol. The number of hydrogen-bond donors (Lipinski definition) is 2. The summed E-state index contributed by atoms with van der Waals surface area (Å²) in [6.45, 7) is 0. The Hall–Kier alpha value is -2.53. The predicted octanol–water partition coefficient (Wildman–Crippen LogP) is 2.05. The van der Waals surface area contributed by atoms with Gasteiger partial charge < -0.3 is 14.7 Å². The molecular formula is C16H16N4O3S. The number of furan rings is 1. The summed E-state index contributed by atoms with van der Waals surface area (Å²) in [4.78, 5) is 30.8. The number of thioether (sulfide) groups is 1. The summed E-state index contributed by atoms with van der Waals surface area (Å²) in [7, 11) is 0. The van der Waals surface area contributed by atoms with Crippen LogP contribution in [-0.2, 0) is 4.79 Å². The van der Waals surface area contributed by atoms with Crippen LogP contribution in [0.2, 0.25) is 0 Å². The average molecular weight is 344 g/mol. The third-order valence-corrected chi connectivity index (χ3v) is 4.70. The third-order valence-electron chi connectivity index (χ3n) is 3.82. The van der Waals surface area contributed by atoms with Crippen molar-refractivity contribution in [3.05, 3.63) is 34.3 Å². The third kappa shape index (κ3) is 3.68. The number of rotatable bonds is 5. The number of aromatic amines is 1. The highest BCUT2D eigenvalue weighted by Crippen LogP contribution is 2.22. The molecule has 0 spiro atoms. The lowest BCUT2D eigenvalue weighted by Gasteiger charge is -2.11. The number of hydrogen-bond acceptors (Lipinski definition) is 6. The Labute approximate surface area is 142 Å². The predicted molar refractivity (Wildman–Crippen MR) is 88.4 cm³/mol. The van der Waals surface area contributed by atoms with E-state index in [1.807, 2.05) is 6.07 Å². The van der Waals surface area contributed by atoms with Gasteiger partial charge in [0, 0.05) is 6.04 Å². The van der Waals surface area contributed by atoms with Crippen molar-refractivity contribution in [2.75, 3.05) is 5.75 Å². The Balaban J connectivity index is 1.73. The Morgan fingerprint density at radius 2 is 2.29 bits per heavy atom. The van der Waals surface area contributed by atoms with Crippen molar-refractivity contribution in [1.29, 1.82) is 5.26 Å². The Morgan fingerprint density at radius 3 is 2.96 bits per heavy atom. The van der Waals surface area contributed by atoms with E-state index in [0.29, 0.717) is 5.76 Å². The molecule has 2 aromatic heterocycles. The average Bonchev–Trinajstić information content (AvgIpc) is 3.26. The number of amides is 1. The molecule has 7 nitrogen and oxygen atoms in total. The summed E-state index contributed by atoms with van der Waals surface area (Å²) >= 11 is 1.13. The lowest BCUT2D eigenvalue weighted by Crippen LogP contribution is -2.33. The minimum atomic E-state index is -0.544. The molecule has 0 aliphatic heterocycles. The zero-order chi connectivity index (χ0) is 16.9. The molecule has 1 amide bonds. The summed E-state index contributed by atoms with van der Waals surface area (Å²) < 4.78 is 5.23. The van der Waals surface area contributed by atoms with Crippen LogP contribution in [0, 0.1) is 11.3 Å². The number of nitrogens with one attached hydrogen (secondary N) is 2. The van der Waals surface area contributed by atoms with Crippen molar-refractivity contribution < 1.29 is 9.21 Å². The van der Waals surface area contributed by atoms with E-state index in [-0.39, 0.29) is 34.1 Å². The fraction of sp³-hybridized carbons (Fsp3) is 0.375. The van der Waals surface area contributed by atoms with Crippen molar-refractivity contribution in [3.8, 4) is 17.5 Å². The van der Waals surface area contributed by atoms with Crippen molar-refractivity contribution in [2.45, 2.75) is 36.9 Å². The molecule has 1 aliphatic rings. The first-order valence-corrected chi connectivity index (χ1v) is 8.66. The smallest absolute Gasteiger partial charge is 0.270 e. The van der Waals surface area contributed by atoms with E-state index in [9.17, 15) is 9.59 Å². The molecule has 8 heteroatoms. The molecule has 0 unspecified atom stereocenters. The first kappa shape index (κ1) is 16.3. The molecule has 2 heterocycles. The first-order chi connectivity index (χ1) is 11.7. The number of carbonyl (C=O) groups excluding carboxylic acids is 1. The molecule has 0 saturated heterocycles. The number of nitrogens with zero attached hydrogens (tertiary/aromatic N) is 2. The van der Waals surface area contributed by atoms with Gasteiger partial charge in [-0.2, -0.15) is 5.26 Å². The number of aromatic nitrogens is 2. The minimum absolute atomic E-state index is 0.0848. The van der Waals surface area contributed by atoms with Gasteiger partial charge in [0.2, 0.25) is 5.91 Å². The van der Waals surface area contributed by atoms with Gasteiger partial charge in [-0.25, -0.2) is 4.98 Å². The van der Waals surface area contributed by atoms with Gasteiger partial charge in [0.1, 0.15) is 17.3 Å². The van der Waals surface area contributed by atoms with Crippen LogP contribution in [0.1, 0.15) is 31.2 Å². The Kier molecular flexibility index (Phi) is 5.01. The SMILES string of the molecule is N#Cc1c(-c2ccco2)nc(SCC(=O)NC2CCCC2)[nH]c1=O. The van der Waals surface area contributed by atoms with E-state index in [0.717, 1.165) is 37.4 Å². The van der Waals surface area contributed by atoms with Crippen LogP contribution in [0.25, 0.3) is 11.5 Å². The zero-order valence-corrected chi connectivity index (χ0v) is 13.7. The van der Waals surface area contributed by atoms with E-state index in [1.54, 1.807) is 12.1 Å². The molecule has 124 valence electrons. The molecule has 2 aromatic rings. The van der Waals surface area contributed by atoms with E-state index in [4.69, 9.17) is 9.68 Å². The van der Waals surface area contributed by atoms with E-state index in [2.05, 4.69) is 15.3 Å². The van der Waals surface area contributed by atoms with Crippen LogP contribution in [0.15, 0.2) is 32.8 Å². The van der Waals surface area contributed by atoms with Crippen LogP contribution in [0.3, 0.4) is 0 Å². The molecule has 24 heavy (non-hydrogen) atoms. The van der Waals surface area contributed by atoms with Crippen LogP contribution < -0.4 is 10.9 Å². The maximum Gasteiger partial charge on any atom is 0.270 e. The fourth-order valence-electron chi connectivity index (χ4n) is 2.69. The monoisotopic (exact) mass is 344 g/mol. The molecule has 1 fully saturated rings. The van der Waals surface area contributed by atoms with Crippen LogP contribution in [0.4, 0.5) is 0 Å². The standard InChI is InChI=1S/C16H16N4O3S/c17-8-11-14(12-6-3-7-23-12)19-16(20-15(11)22)24-9-13(21)18-10-4-1-2-5-10/h3,6-7,10H,1-2,4-5,9H2,(H,18,21)(H,19,20,22). The topological polar surface area (TPSA) is 112 Å². The fourth-order valence-corrected chi connectivity index (χ4v) is 3.36. The Morgan fingerprint density at radius 1 is 1.50 bits per heavy atom. The molecule has 1 aliphatic carbocycles. The lowest BCUT2D eigenvalue weighted by atomic mass is 10.2. The van der Waals surface area contributed by atoms with Gasteiger partial charge in [-0.1, -0.05) is 24.6 Å². The van der Waals surface area contributed by atoms with E-state index >= 15 is 0 Å². The largest absolute Gasteiger partial charge is 0.463 e. The van der Waals surface area contributed by atoms with E-state index < -0.39 is 5.56 Å². The van der Waals surface area contributed by atoms with Gasteiger partial charge in [0.05, 0.1) is 12.0 Å². The molecule has 0 aromatic carbocycles. The zero-order valence-electron chi connectivity index (χ0n) is 12.9. The van der Waals surface area contributed by atoms with Crippen molar-refractivity contribution in [2.24, 2.45) is 0 Å². The molecule has 1 saturated carbocycles. The maximum atomic E-state index is 12.0. The maximum absolute atomic E-state index is 12.0. The normalized spacial score (nSPS) is 14.5. The number of H-pyrrole nitrogens is 1. The molecule has 0 atom stereocenters. The Bertz CT molecular complexity index is 817. The van der Waals surface area contributed by atoms with E-state index in [1.165, 1.54) is 6.26 Å². The second-order valence-corrected chi connectivity index (χ2v) is 6.49. The molecule has 3 rings (SSSR count). The second-order valence-electron chi connectivity index (χ2n) is 5.52.